The first-order valence-corrected chi connectivity index (χ1v) is 10.1. The number of esters is 1. The van der Waals surface area contributed by atoms with Crippen LogP contribution in [-0.2, 0) is 11.8 Å². The van der Waals surface area contributed by atoms with Crippen LogP contribution in [0.4, 0.5) is 4.79 Å². The van der Waals surface area contributed by atoms with Crippen molar-refractivity contribution in [3.63, 3.8) is 0 Å². The van der Waals surface area contributed by atoms with E-state index in [1.54, 1.807) is 23.4 Å². The van der Waals surface area contributed by atoms with Crippen molar-refractivity contribution in [1.82, 2.24) is 14.8 Å². The maximum Gasteiger partial charge on any atom is 0.354 e. The van der Waals surface area contributed by atoms with Gasteiger partial charge in [0.1, 0.15) is 5.69 Å². The molecule has 0 atom stereocenters. The van der Waals surface area contributed by atoms with E-state index in [-0.39, 0.29) is 18.4 Å². The van der Waals surface area contributed by atoms with E-state index in [9.17, 15) is 14.4 Å². The Labute approximate surface area is 167 Å². The van der Waals surface area contributed by atoms with Crippen molar-refractivity contribution in [1.29, 1.82) is 0 Å². The molecule has 0 unspecified atom stereocenters. The van der Waals surface area contributed by atoms with Crippen LogP contribution in [0.5, 0.6) is 0 Å². The third-order valence-electron chi connectivity index (χ3n) is 5.74. The molecular weight excluding hydrogens is 358 g/mol. The summed E-state index contributed by atoms with van der Waals surface area (Å²) in [5.41, 5.74) is 2.18. The van der Waals surface area contributed by atoms with E-state index in [1.807, 2.05) is 13.8 Å². The van der Waals surface area contributed by atoms with E-state index < -0.39 is 5.97 Å². The van der Waals surface area contributed by atoms with E-state index in [4.69, 9.17) is 4.74 Å². The topological polar surface area (TPSA) is 80.6 Å². The summed E-state index contributed by atoms with van der Waals surface area (Å²) in [6.07, 6.45) is 5.80. The number of amides is 2. The van der Waals surface area contributed by atoms with Gasteiger partial charge in [0.05, 0.1) is 13.7 Å². The predicted octanol–water partition coefficient (Wildman–Crippen LogP) is 3.22. The number of nitrogens with zero attached hydrogens (tertiary/aromatic N) is 2. The number of rotatable bonds is 7. The summed E-state index contributed by atoms with van der Waals surface area (Å²) in [5.74, 6) is -0.180. The molecule has 0 saturated heterocycles. The van der Waals surface area contributed by atoms with Crippen LogP contribution in [0.25, 0.3) is 0 Å². The van der Waals surface area contributed by atoms with Gasteiger partial charge in [-0.3, -0.25) is 4.79 Å². The van der Waals surface area contributed by atoms with Crippen LogP contribution >= 0.6 is 0 Å². The second-order valence-corrected chi connectivity index (χ2v) is 7.63. The van der Waals surface area contributed by atoms with Crippen molar-refractivity contribution in [3.05, 3.63) is 22.5 Å². The Hall–Kier alpha value is -2.31. The van der Waals surface area contributed by atoms with Gasteiger partial charge in [-0.25, -0.2) is 9.59 Å². The maximum atomic E-state index is 13.1. The summed E-state index contributed by atoms with van der Waals surface area (Å²) in [5, 5.41) is 2.82. The van der Waals surface area contributed by atoms with Crippen molar-refractivity contribution in [2.24, 2.45) is 13.0 Å². The van der Waals surface area contributed by atoms with Crippen LogP contribution in [0.2, 0.25) is 0 Å². The Balaban J connectivity index is 2.25. The van der Waals surface area contributed by atoms with Gasteiger partial charge < -0.3 is 19.5 Å². The number of urea groups is 1. The number of Topliss-reactive ketones (excluding diaryl/α,β-unsaturated/α-hetero) is 1. The van der Waals surface area contributed by atoms with Crippen LogP contribution < -0.4 is 5.32 Å². The number of methoxy groups -OCH3 is 1. The van der Waals surface area contributed by atoms with Gasteiger partial charge in [0.15, 0.2) is 5.78 Å². The Morgan fingerprint density at radius 2 is 1.82 bits per heavy atom. The average Bonchev–Trinajstić information content (AvgIpc) is 2.90. The highest BCUT2D eigenvalue weighted by atomic mass is 16.5. The molecule has 28 heavy (non-hydrogen) atoms. The number of hydrogen-bond donors (Lipinski definition) is 1. The van der Waals surface area contributed by atoms with Crippen LogP contribution in [0.1, 0.15) is 71.1 Å². The third-order valence-corrected chi connectivity index (χ3v) is 5.74. The largest absolute Gasteiger partial charge is 0.464 e. The van der Waals surface area contributed by atoms with Crippen LogP contribution in [0, 0.1) is 19.8 Å². The Morgan fingerprint density at radius 1 is 1.18 bits per heavy atom. The quantitative estimate of drug-likeness (QED) is 0.572. The zero-order valence-corrected chi connectivity index (χ0v) is 17.8. The number of hydrogen-bond acceptors (Lipinski definition) is 4. The molecule has 0 bridgehead atoms. The normalized spacial score (nSPS) is 14.6. The highest BCUT2D eigenvalue weighted by molar-refractivity contribution is 6.04. The summed E-state index contributed by atoms with van der Waals surface area (Å²) in [6, 6.07) is -0.208. The standard InChI is InChI=1S/C21H33N3O4/c1-6-22-21(27)24(12-16-10-8-7-9-11-16)13-17(25)18-14(2)19(20(26)28-5)23(4)15(18)3/h16H,6-13H2,1-5H3,(H,22,27). The minimum atomic E-state index is -0.468. The summed E-state index contributed by atoms with van der Waals surface area (Å²) in [6.45, 7) is 6.55. The van der Waals surface area contributed by atoms with Gasteiger partial charge in [-0.2, -0.15) is 0 Å². The van der Waals surface area contributed by atoms with Gasteiger partial charge in [0.25, 0.3) is 0 Å². The van der Waals surface area contributed by atoms with Crippen molar-refractivity contribution < 1.29 is 19.1 Å². The molecule has 2 rings (SSSR count). The molecule has 2 amide bonds. The van der Waals surface area contributed by atoms with Crippen LogP contribution in [0.15, 0.2) is 0 Å². The molecule has 1 aliphatic carbocycles. The molecule has 1 saturated carbocycles. The molecule has 7 nitrogen and oxygen atoms in total. The van der Waals surface area contributed by atoms with E-state index in [0.717, 1.165) is 12.8 Å². The van der Waals surface area contributed by atoms with Crippen LogP contribution in [-0.4, -0.2) is 54.0 Å². The molecule has 0 aromatic carbocycles. The highest BCUT2D eigenvalue weighted by Gasteiger charge is 2.28. The minimum absolute atomic E-state index is 0.00857. The second-order valence-electron chi connectivity index (χ2n) is 7.63. The molecule has 0 radical (unpaired) electrons. The molecule has 1 aromatic rings. The molecule has 1 aliphatic rings. The number of carbonyl (C=O) groups is 3. The van der Waals surface area contributed by atoms with Gasteiger partial charge in [-0.05, 0) is 45.1 Å². The Bertz CT molecular complexity index is 732. The number of nitrogens with one attached hydrogen (secondary N) is 1. The maximum absolute atomic E-state index is 13.1. The summed E-state index contributed by atoms with van der Waals surface area (Å²) in [4.78, 5) is 39.4. The molecular formula is C21H33N3O4. The highest BCUT2D eigenvalue weighted by Crippen LogP contribution is 2.26. The second kappa shape index (κ2) is 9.75. The zero-order valence-electron chi connectivity index (χ0n) is 17.8. The van der Waals surface area contributed by atoms with E-state index in [1.165, 1.54) is 26.4 Å². The predicted molar refractivity (Wildman–Crippen MR) is 108 cm³/mol. The molecule has 1 N–H and O–H groups in total. The van der Waals surface area contributed by atoms with E-state index in [2.05, 4.69) is 5.32 Å². The average molecular weight is 392 g/mol. The van der Waals surface area contributed by atoms with Gasteiger partial charge in [0.2, 0.25) is 0 Å². The van der Waals surface area contributed by atoms with Gasteiger partial charge in [0, 0.05) is 31.4 Å². The number of carbonyl (C=O) groups excluding carboxylic acids is 3. The third kappa shape index (κ3) is 4.75. The molecule has 1 aromatic heterocycles. The number of ketones is 1. The molecule has 1 heterocycles. The lowest BCUT2D eigenvalue weighted by Gasteiger charge is -2.29. The molecule has 156 valence electrons. The fourth-order valence-corrected chi connectivity index (χ4v) is 4.19. The lowest BCUT2D eigenvalue weighted by molar-refractivity contribution is 0.0588. The summed E-state index contributed by atoms with van der Waals surface area (Å²) >= 11 is 0. The van der Waals surface area contributed by atoms with Gasteiger partial charge in [-0.15, -0.1) is 0 Å². The smallest absolute Gasteiger partial charge is 0.354 e. The summed E-state index contributed by atoms with van der Waals surface area (Å²) < 4.78 is 6.54. The lowest BCUT2D eigenvalue weighted by atomic mass is 9.89. The fraction of sp³-hybridized carbons (Fsp3) is 0.667. The van der Waals surface area contributed by atoms with Crippen molar-refractivity contribution in [2.75, 3.05) is 26.7 Å². The van der Waals surface area contributed by atoms with Gasteiger partial charge >= 0.3 is 12.0 Å². The van der Waals surface area contributed by atoms with E-state index in [0.29, 0.717) is 41.5 Å². The van der Waals surface area contributed by atoms with E-state index >= 15 is 0 Å². The first-order valence-electron chi connectivity index (χ1n) is 10.1. The summed E-state index contributed by atoms with van der Waals surface area (Å²) in [7, 11) is 3.07. The zero-order chi connectivity index (χ0) is 20.8. The lowest BCUT2D eigenvalue weighted by Crippen LogP contribution is -2.45. The minimum Gasteiger partial charge on any atom is -0.464 e. The van der Waals surface area contributed by atoms with Crippen molar-refractivity contribution in [2.45, 2.75) is 52.9 Å². The monoisotopic (exact) mass is 391 g/mol. The number of ether oxygens (including phenoxy) is 1. The molecule has 0 spiro atoms. The first kappa shape index (κ1) is 22.0. The first-order chi connectivity index (χ1) is 13.3. The molecule has 0 aliphatic heterocycles. The Morgan fingerprint density at radius 3 is 2.39 bits per heavy atom. The Kier molecular flexibility index (Phi) is 7.66. The molecule has 1 fully saturated rings. The SMILES string of the molecule is CCNC(=O)N(CC(=O)c1c(C)c(C(=O)OC)n(C)c1C)CC1CCCCC1. The fourth-order valence-electron chi connectivity index (χ4n) is 4.19. The number of aromatic nitrogens is 1. The van der Waals surface area contributed by atoms with Crippen LogP contribution in [0.3, 0.4) is 0 Å². The van der Waals surface area contributed by atoms with Crippen molar-refractivity contribution >= 4 is 17.8 Å². The van der Waals surface area contributed by atoms with Crippen molar-refractivity contribution in [3.8, 4) is 0 Å². The molecule has 7 heteroatoms. The van der Waals surface area contributed by atoms with Gasteiger partial charge in [-0.1, -0.05) is 19.3 Å².